The van der Waals surface area contributed by atoms with Crippen molar-refractivity contribution in [3.8, 4) is 28.5 Å². The summed E-state index contributed by atoms with van der Waals surface area (Å²) in [7, 11) is -1.35. The highest BCUT2D eigenvalue weighted by Gasteiger charge is 2.23. The predicted molar refractivity (Wildman–Crippen MR) is 147 cm³/mol. The third-order valence-corrected chi connectivity index (χ3v) is 8.23. The summed E-state index contributed by atoms with van der Waals surface area (Å²) in [6, 6.07) is 7.38. The Balaban J connectivity index is 1.38. The van der Waals surface area contributed by atoms with Crippen molar-refractivity contribution in [3.05, 3.63) is 66.3 Å². The van der Waals surface area contributed by atoms with E-state index in [1.807, 2.05) is 12.1 Å². The topological polar surface area (TPSA) is 138 Å². The fourth-order valence-electron chi connectivity index (χ4n) is 4.71. The molecule has 1 N–H and O–H groups in total. The molecule has 6 rings (SSSR count). The summed E-state index contributed by atoms with van der Waals surface area (Å²) in [5.74, 6) is -1.42. The quantitative estimate of drug-likeness (QED) is 0.282. The predicted octanol–water partition coefficient (Wildman–Crippen LogP) is 3.61. The van der Waals surface area contributed by atoms with Gasteiger partial charge >= 0.3 is 0 Å². The number of morpholine rings is 1. The van der Waals surface area contributed by atoms with Crippen LogP contribution >= 0.6 is 0 Å². The molecule has 0 aliphatic carbocycles. The molecule has 5 aromatic rings. The number of pyridine rings is 1. The molecule has 0 atom stereocenters. The Bertz CT molecular complexity index is 1890. The number of rotatable bonds is 8. The van der Waals surface area contributed by atoms with Gasteiger partial charge in [0.1, 0.15) is 22.2 Å². The average Bonchev–Trinajstić information content (AvgIpc) is 3.59. The van der Waals surface area contributed by atoms with Gasteiger partial charge in [0.2, 0.25) is 17.7 Å². The van der Waals surface area contributed by atoms with Crippen molar-refractivity contribution in [2.75, 3.05) is 38.1 Å². The molecule has 218 valence electrons. The minimum Gasteiger partial charge on any atom is -0.480 e. The van der Waals surface area contributed by atoms with Crippen molar-refractivity contribution in [2.45, 2.75) is 11.4 Å². The zero-order chi connectivity index (χ0) is 29.4. The third kappa shape index (κ3) is 5.41. The van der Waals surface area contributed by atoms with Crippen molar-refractivity contribution in [2.24, 2.45) is 7.05 Å². The van der Waals surface area contributed by atoms with E-state index in [1.165, 1.54) is 19.4 Å². The number of benzene rings is 2. The summed E-state index contributed by atoms with van der Waals surface area (Å²) < 4.78 is 74.4. The summed E-state index contributed by atoms with van der Waals surface area (Å²) in [6.45, 7) is 3.32. The number of sulfonamides is 1. The molecule has 0 unspecified atom stereocenters. The van der Waals surface area contributed by atoms with Gasteiger partial charge < -0.3 is 13.9 Å². The van der Waals surface area contributed by atoms with Crippen LogP contribution < -0.4 is 9.46 Å². The van der Waals surface area contributed by atoms with E-state index in [2.05, 4.69) is 29.9 Å². The van der Waals surface area contributed by atoms with E-state index >= 15 is 0 Å². The minimum atomic E-state index is -4.46. The Morgan fingerprint density at radius 3 is 2.62 bits per heavy atom. The van der Waals surface area contributed by atoms with Gasteiger partial charge in [0, 0.05) is 43.4 Å². The van der Waals surface area contributed by atoms with Gasteiger partial charge in [-0.05, 0) is 35.9 Å². The number of fused-ring (bicyclic) bond motifs is 1. The number of nitrogens with one attached hydrogen (secondary N) is 1. The molecule has 1 aliphatic heterocycles. The molecule has 42 heavy (non-hydrogen) atoms. The zero-order valence-corrected chi connectivity index (χ0v) is 23.4. The standard InChI is InChI=1S/C27H25F2N7O5S/c1-35-23-11-16(9-19(20(23)14-31-35)26-33-32-25(41-26)15-36-5-7-40-8-6-36)17-10-22(27(39-2)30-13-17)34-42(37,38)24-4-3-18(28)12-21(24)29/h3-4,9-14,34H,5-8,15H2,1-2H3. The smallest absolute Gasteiger partial charge is 0.264 e. The van der Waals surface area contributed by atoms with Crippen molar-refractivity contribution in [1.29, 1.82) is 0 Å². The molecule has 12 nitrogen and oxygen atoms in total. The van der Waals surface area contributed by atoms with Gasteiger partial charge in [-0.15, -0.1) is 10.2 Å². The van der Waals surface area contributed by atoms with Crippen molar-refractivity contribution >= 4 is 26.6 Å². The number of aryl methyl sites for hydroxylation is 1. The summed E-state index contributed by atoms with van der Waals surface area (Å²) >= 11 is 0. The molecule has 2 aromatic carbocycles. The van der Waals surface area contributed by atoms with E-state index in [0.717, 1.165) is 36.1 Å². The Kier molecular flexibility index (Phi) is 7.30. The van der Waals surface area contributed by atoms with E-state index in [0.29, 0.717) is 54.3 Å². The first-order chi connectivity index (χ1) is 20.2. The molecular weight excluding hydrogens is 572 g/mol. The molecule has 1 saturated heterocycles. The Labute approximate surface area is 238 Å². The molecule has 1 fully saturated rings. The number of aromatic nitrogens is 5. The van der Waals surface area contributed by atoms with Crippen LogP contribution in [0.15, 0.2) is 58.1 Å². The van der Waals surface area contributed by atoms with Crippen molar-refractivity contribution < 1.29 is 31.1 Å². The van der Waals surface area contributed by atoms with Crippen LogP contribution in [0.2, 0.25) is 0 Å². The highest BCUT2D eigenvalue weighted by Crippen LogP contribution is 2.36. The van der Waals surface area contributed by atoms with Gasteiger partial charge in [-0.1, -0.05) is 0 Å². The molecule has 0 bridgehead atoms. The van der Waals surface area contributed by atoms with Gasteiger partial charge in [0.05, 0.1) is 44.1 Å². The monoisotopic (exact) mass is 597 g/mol. The van der Waals surface area contributed by atoms with Crippen LogP contribution in [0.5, 0.6) is 5.88 Å². The second kappa shape index (κ2) is 11.1. The molecule has 3 aromatic heterocycles. The minimum absolute atomic E-state index is 0.0451. The molecular formula is C27H25F2N7O5S. The highest BCUT2D eigenvalue weighted by atomic mass is 32.2. The van der Waals surface area contributed by atoms with E-state index < -0.39 is 26.6 Å². The summed E-state index contributed by atoms with van der Waals surface area (Å²) in [5, 5.41) is 13.7. The average molecular weight is 598 g/mol. The molecule has 0 saturated carbocycles. The van der Waals surface area contributed by atoms with Gasteiger partial charge in [0.25, 0.3) is 10.0 Å². The zero-order valence-electron chi connectivity index (χ0n) is 22.5. The number of nitrogens with zero attached hydrogens (tertiary/aromatic N) is 6. The second-order valence-electron chi connectivity index (χ2n) is 9.58. The Hall–Kier alpha value is -4.47. The van der Waals surface area contributed by atoms with Gasteiger partial charge in [0.15, 0.2) is 0 Å². The van der Waals surface area contributed by atoms with Crippen molar-refractivity contribution in [1.82, 2.24) is 29.9 Å². The lowest BCUT2D eigenvalue weighted by molar-refractivity contribution is 0.0306. The Morgan fingerprint density at radius 1 is 1.05 bits per heavy atom. The summed E-state index contributed by atoms with van der Waals surface area (Å²) in [6.07, 6.45) is 3.21. The molecule has 1 aliphatic rings. The van der Waals surface area contributed by atoms with Gasteiger partial charge in [-0.3, -0.25) is 14.3 Å². The maximum atomic E-state index is 14.3. The third-order valence-electron chi connectivity index (χ3n) is 6.83. The van der Waals surface area contributed by atoms with E-state index in [4.69, 9.17) is 13.9 Å². The SMILES string of the molecule is COc1ncc(-c2cc(-c3nnc(CN4CCOCC4)o3)c3cnn(C)c3c2)cc1NS(=O)(=O)c1ccc(F)cc1F. The highest BCUT2D eigenvalue weighted by molar-refractivity contribution is 7.92. The number of anilines is 1. The first-order valence-corrected chi connectivity index (χ1v) is 14.3. The summed E-state index contributed by atoms with van der Waals surface area (Å²) in [4.78, 5) is 5.70. The van der Waals surface area contributed by atoms with Gasteiger partial charge in [-0.2, -0.15) is 5.10 Å². The van der Waals surface area contributed by atoms with E-state index in [1.54, 1.807) is 17.9 Å². The first-order valence-electron chi connectivity index (χ1n) is 12.8. The maximum Gasteiger partial charge on any atom is 0.264 e. The first kappa shape index (κ1) is 27.7. The van der Waals surface area contributed by atoms with Crippen LogP contribution in [0.25, 0.3) is 33.5 Å². The van der Waals surface area contributed by atoms with Crippen LogP contribution in [0, 0.1) is 11.6 Å². The van der Waals surface area contributed by atoms with Crippen LogP contribution in [0.4, 0.5) is 14.5 Å². The van der Waals surface area contributed by atoms with Crippen LogP contribution in [-0.4, -0.2) is 71.7 Å². The molecule has 0 amide bonds. The largest absolute Gasteiger partial charge is 0.480 e. The lowest BCUT2D eigenvalue weighted by Crippen LogP contribution is -2.35. The van der Waals surface area contributed by atoms with Crippen LogP contribution in [0.3, 0.4) is 0 Å². The lowest BCUT2D eigenvalue weighted by atomic mass is 10.0. The maximum absolute atomic E-state index is 14.3. The number of ether oxygens (including phenoxy) is 2. The number of hydrogen-bond donors (Lipinski definition) is 1. The lowest BCUT2D eigenvalue weighted by Gasteiger charge is -2.24. The Morgan fingerprint density at radius 2 is 1.86 bits per heavy atom. The van der Waals surface area contributed by atoms with E-state index in [-0.39, 0.29) is 11.6 Å². The van der Waals surface area contributed by atoms with E-state index in [9.17, 15) is 17.2 Å². The van der Waals surface area contributed by atoms with Gasteiger partial charge in [-0.25, -0.2) is 22.2 Å². The van der Waals surface area contributed by atoms with Crippen LogP contribution in [-0.2, 0) is 28.4 Å². The van der Waals surface area contributed by atoms with Crippen molar-refractivity contribution in [3.63, 3.8) is 0 Å². The molecule has 0 radical (unpaired) electrons. The molecule has 0 spiro atoms. The molecule has 4 heterocycles. The second-order valence-corrected chi connectivity index (χ2v) is 11.2. The van der Waals surface area contributed by atoms with Crippen LogP contribution in [0.1, 0.15) is 5.89 Å². The summed E-state index contributed by atoms with van der Waals surface area (Å²) in [5.41, 5.74) is 2.48. The fourth-order valence-corrected chi connectivity index (χ4v) is 5.82. The fraction of sp³-hybridized carbons (Fsp3) is 0.259. The number of methoxy groups -OCH3 is 1. The number of hydrogen-bond acceptors (Lipinski definition) is 10. The number of halogens is 2. The normalized spacial score (nSPS) is 14.4. The molecule has 15 heteroatoms.